The number of fused-ring (bicyclic) bond motifs is 1. The molecule has 1 aromatic carbocycles. The number of carbonyl (C=O) groups is 1. The number of benzene rings is 1. The first-order valence-corrected chi connectivity index (χ1v) is 4.77. The Bertz CT molecular complexity index is 384. The third kappa shape index (κ3) is 2.03. The second-order valence-electron chi connectivity index (χ2n) is 3.52. The number of hydrogen-bond acceptors (Lipinski definition) is 4. The lowest BCUT2D eigenvalue weighted by atomic mass is 10.2. The summed E-state index contributed by atoms with van der Waals surface area (Å²) < 4.78 is 15.4. The van der Waals surface area contributed by atoms with Crippen molar-refractivity contribution in [3.05, 3.63) is 23.8 Å². The normalized spacial score (nSPS) is 13.0. The zero-order valence-corrected chi connectivity index (χ0v) is 8.65. The minimum atomic E-state index is -0.344. The van der Waals surface area contributed by atoms with E-state index in [4.69, 9.17) is 14.2 Å². The molecular formula is C11H12O4. The van der Waals surface area contributed by atoms with Crippen LogP contribution in [-0.4, -0.2) is 18.9 Å². The van der Waals surface area contributed by atoms with E-state index in [0.29, 0.717) is 17.1 Å². The summed E-state index contributed by atoms with van der Waals surface area (Å²) in [4.78, 5) is 11.5. The van der Waals surface area contributed by atoms with Gasteiger partial charge in [-0.2, -0.15) is 0 Å². The molecule has 0 fully saturated rings. The monoisotopic (exact) mass is 208 g/mol. The molecule has 4 nitrogen and oxygen atoms in total. The van der Waals surface area contributed by atoms with E-state index in [-0.39, 0.29) is 18.9 Å². The molecule has 1 aromatic rings. The molecule has 0 spiro atoms. The number of carbonyl (C=O) groups excluding carboxylic acids is 1. The Labute approximate surface area is 87.8 Å². The van der Waals surface area contributed by atoms with Crippen molar-refractivity contribution >= 4 is 5.97 Å². The highest BCUT2D eigenvalue weighted by Crippen LogP contribution is 2.32. The molecule has 0 saturated carbocycles. The molecule has 1 heterocycles. The average Bonchev–Trinajstić information content (AvgIpc) is 2.62. The zero-order valence-electron chi connectivity index (χ0n) is 8.65. The lowest BCUT2D eigenvalue weighted by molar-refractivity contribution is 0.0377. The quantitative estimate of drug-likeness (QED) is 0.697. The van der Waals surface area contributed by atoms with E-state index in [9.17, 15) is 4.79 Å². The Balaban J connectivity index is 2.19. The van der Waals surface area contributed by atoms with E-state index < -0.39 is 0 Å². The standard InChI is InChI=1S/C11H12O4/c1-7(2)15-11(12)8-3-4-9-10(5-8)14-6-13-9/h3-5,7H,6H2,1-2H3. The lowest BCUT2D eigenvalue weighted by Crippen LogP contribution is -2.11. The molecule has 1 aliphatic heterocycles. The van der Waals surface area contributed by atoms with Gasteiger partial charge in [-0.3, -0.25) is 0 Å². The maximum absolute atomic E-state index is 11.5. The Hall–Kier alpha value is -1.71. The Morgan fingerprint density at radius 3 is 2.80 bits per heavy atom. The topological polar surface area (TPSA) is 44.8 Å². The van der Waals surface area contributed by atoms with E-state index >= 15 is 0 Å². The third-order valence-corrected chi connectivity index (χ3v) is 1.95. The van der Waals surface area contributed by atoms with Gasteiger partial charge in [0.05, 0.1) is 11.7 Å². The van der Waals surface area contributed by atoms with Gasteiger partial charge in [-0.1, -0.05) is 0 Å². The van der Waals surface area contributed by atoms with Crippen molar-refractivity contribution in [1.82, 2.24) is 0 Å². The van der Waals surface area contributed by atoms with Gasteiger partial charge >= 0.3 is 5.97 Å². The molecule has 0 aliphatic carbocycles. The SMILES string of the molecule is CC(C)OC(=O)c1ccc2c(c1)OCO2. The van der Waals surface area contributed by atoms with Gasteiger partial charge in [-0.05, 0) is 32.0 Å². The molecule has 0 unspecified atom stereocenters. The average molecular weight is 208 g/mol. The van der Waals surface area contributed by atoms with Crippen LogP contribution in [0.5, 0.6) is 11.5 Å². The smallest absolute Gasteiger partial charge is 0.338 e. The second kappa shape index (κ2) is 3.81. The molecule has 80 valence electrons. The fourth-order valence-corrected chi connectivity index (χ4v) is 1.31. The maximum Gasteiger partial charge on any atom is 0.338 e. The number of ether oxygens (including phenoxy) is 3. The van der Waals surface area contributed by atoms with Crippen molar-refractivity contribution in [3.63, 3.8) is 0 Å². The zero-order chi connectivity index (χ0) is 10.8. The first kappa shape index (κ1) is 9.83. The van der Waals surface area contributed by atoms with Gasteiger partial charge < -0.3 is 14.2 Å². The molecule has 2 rings (SSSR count). The summed E-state index contributed by atoms with van der Waals surface area (Å²) in [6.45, 7) is 3.83. The second-order valence-corrected chi connectivity index (χ2v) is 3.52. The van der Waals surface area contributed by atoms with Gasteiger partial charge in [0, 0.05) is 0 Å². The first-order valence-electron chi connectivity index (χ1n) is 4.77. The van der Waals surface area contributed by atoms with E-state index in [1.54, 1.807) is 18.2 Å². The summed E-state index contributed by atoms with van der Waals surface area (Å²) in [7, 11) is 0. The van der Waals surface area contributed by atoms with Crippen LogP contribution in [0.2, 0.25) is 0 Å². The van der Waals surface area contributed by atoms with Gasteiger partial charge in [-0.25, -0.2) is 4.79 Å². The van der Waals surface area contributed by atoms with E-state index in [2.05, 4.69) is 0 Å². The highest BCUT2D eigenvalue weighted by molar-refractivity contribution is 5.90. The highest BCUT2D eigenvalue weighted by atomic mass is 16.7. The summed E-state index contributed by atoms with van der Waals surface area (Å²) >= 11 is 0. The fraction of sp³-hybridized carbons (Fsp3) is 0.364. The largest absolute Gasteiger partial charge is 0.459 e. The van der Waals surface area contributed by atoms with Crippen molar-refractivity contribution in [1.29, 1.82) is 0 Å². The highest BCUT2D eigenvalue weighted by Gasteiger charge is 2.17. The van der Waals surface area contributed by atoms with Gasteiger partial charge in [0.1, 0.15) is 0 Å². The molecule has 0 N–H and O–H groups in total. The summed E-state index contributed by atoms with van der Waals surface area (Å²) in [6, 6.07) is 5.00. The minimum absolute atomic E-state index is 0.122. The molecular weight excluding hydrogens is 196 g/mol. The number of esters is 1. The molecule has 0 aromatic heterocycles. The van der Waals surface area contributed by atoms with E-state index in [1.807, 2.05) is 13.8 Å². The summed E-state index contributed by atoms with van der Waals surface area (Å²) in [5, 5.41) is 0. The molecule has 15 heavy (non-hydrogen) atoms. The van der Waals surface area contributed by atoms with Crippen molar-refractivity contribution in [2.45, 2.75) is 20.0 Å². The van der Waals surface area contributed by atoms with Crippen molar-refractivity contribution in [2.75, 3.05) is 6.79 Å². The first-order chi connectivity index (χ1) is 7.16. The summed E-state index contributed by atoms with van der Waals surface area (Å²) in [5.41, 5.74) is 0.480. The number of hydrogen-bond donors (Lipinski definition) is 0. The lowest BCUT2D eigenvalue weighted by Gasteiger charge is -2.07. The molecule has 0 atom stereocenters. The van der Waals surface area contributed by atoms with Crippen LogP contribution in [0.4, 0.5) is 0 Å². The van der Waals surface area contributed by atoms with Crippen LogP contribution < -0.4 is 9.47 Å². The van der Waals surface area contributed by atoms with Crippen molar-refractivity contribution < 1.29 is 19.0 Å². The predicted molar refractivity (Wildman–Crippen MR) is 53.1 cm³/mol. The Morgan fingerprint density at radius 1 is 1.33 bits per heavy atom. The third-order valence-electron chi connectivity index (χ3n) is 1.95. The molecule has 1 aliphatic rings. The van der Waals surface area contributed by atoms with Crippen LogP contribution in [0.15, 0.2) is 18.2 Å². The van der Waals surface area contributed by atoms with Gasteiger partial charge in [0.25, 0.3) is 0 Å². The van der Waals surface area contributed by atoms with Crippen LogP contribution in [-0.2, 0) is 4.74 Å². The van der Waals surface area contributed by atoms with Gasteiger partial charge in [0.15, 0.2) is 11.5 Å². The summed E-state index contributed by atoms with van der Waals surface area (Å²) in [6.07, 6.45) is -0.122. The van der Waals surface area contributed by atoms with E-state index in [0.717, 1.165) is 0 Å². The Morgan fingerprint density at radius 2 is 2.07 bits per heavy atom. The van der Waals surface area contributed by atoms with Gasteiger partial charge in [-0.15, -0.1) is 0 Å². The van der Waals surface area contributed by atoms with Crippen LogP contribution in [0.3, 0.4) is 0 Å². The minimum Gasteiger partial charge on any atom is -0.459 e. The van der Waals surface area contributed by atoms with Crippen LogP contribution in [0.25, 0.3) is 0 Å². The van der Waals surface area contributed by atoms with E-state index in [1.165, 1.54) is 0 Å². The molecule has 0 radical (unpaired) electrons. The van der Waals surface area contributed by atoms with Crippen LogP contribution in [0, 0.1) is 0 Å². The van der Waals surface area contributed by atoms with Crippen LogP contribution in [0.1, 0.15) is 24.2 Å². The number of rotatable bonds is 2. The summed E-state index contributed by atoms with van der Waals surface area (Å²) in [5.74, 6) is 0.910. The van der Waals surface area contributed by atoms with Gasteiger partial charge in [0.2, 0.25) is 6.79 Å². The Kier molecular flexibility index (Phi) is 2.49. The molecule has 0 amide bonds. The molecule has 0 saturated heterocycles. The van der Waals surface area contributed by atoms with Crippen molar-refractivity contribution in [2.24, 2.45) is 0 Å². The molecule has 4 heteroatoms. The maximum atomic E-state index is 11.5. The van der Waals surface area contributed by atoms with Crippen LogP contribution >= 0.6 is 0 Å². The molecule has 0 bridgehead atoms. The van der Waals surface area contributed by atoms with Crippen molar-refractivity contribution in [3.8, 4) is 11.5 Å². The predicted octanol–water partition coefficient (Wildman–Crippen LogP) is 1.98. The fourth-order valence-electron chi connectivity index (χ4n) is 1.31.